The van der Waals surface area contributed by atoms with Crippen molar-refractivity contribution < 1.29 is 19.7 Å². The van der Waals surface area contributed by atoms with Crippen molar-refractivity contribution in [3.8, 4) is 11.4 Å². The predicted molar refractivity (Wildman–Crippen MR) is 153 cm³/mol. The molecule has 202 valence electrons. The molecule has 2 aromatic carbocycles. The number of rotatable bonds is 5. The first-order chi connectivity index (χ1) is 18.9. The Morgan fingerprint density at radius 2 is 1.90 bits per heavy atom. The molecular weight excluding hydrogens is 492 g/mol. The van der Waals surface area contributed by atoms with Crippen LogP contribution in [0, 0.1) is 5.92 Å². The first kappa shape index (κ1) is 26.8. The van der Waals surface area contributed by atoms with Gasteiger partial charge in [-0.3, -0.25) is 4.79 Å². The Kier molecular flexibility index (Phi) is 7.38. The highest BCUT2D eigenvalue weighted by Gasteiger charge is 2.34. The number of benzene rings is 2. The van der Waals surface area contributed by atoms with E-state index in [2.05, 4.69) is 38.1 Å². The molecule has 1 unspecified atom stereocenters. The number of aliphatic hydroxyl groups is 2. The second-order valence-corrected chi connectivity index (χ2v) is 10.2. The molecule has 7 heteroatoms. The monoisotopic (exact) mass is 526 g/mol. The van der Waals surface area contributed by atoms with Crippen molar-refractivity contribution in [3.63, 3.8) is 0 Å². The number of aromatic nitrogens is 2. The van der Waals surface area contributed by atoms with Crippen molar-refractivity contribution in [2.75, 3.05) is 6.61 Å². The quantitative estimate of drug-likeness (QED) is 0.238. The number of pyridine rings is 2. The van der Waals surface area contributed by atoms with E-state index in [-0.39, 0.29) is 18.8 Å². The Morgan fingerprint density at radius 3 is 2.64 bits per heavy atom. The lowest BCUT2D eigenvalue weighted by Crippen LogP contribution is -2.32. The van der Waals surface area contributed by atoms with E-state index in [1.54, 1.807) is 10.6 Å². The Hall–Kier alpha value is -3.81. The molecule has 0 fully saturated rings. The fraction of sp³-hybridized carbons (Fsp3) is 0.344. The minimum atomic E-state index is -1.47. The molecule has 39 heavy (non-hydrogen) atoms. The average Bonchev–Trinajstić information content (AvgIpc) is 3.30. The third kappa shape index (κ3) is 4.56. The van der Waals surface area contributed by atoms with E-state index < -0.39 is 12.1 Å². The van der Waals surface area contributed by atoms with Gasteiger partial charge in [-0.2, -0.15) is 0 Å². The van der Waals surface area contributed by atoms with E-state index in [4.69, 9.17) is 14.8 Å². The Bertz CT molecular complexity index is 1680. The van der Waals surface area contributed by atoms with Crippen LogP contribution in [-0.4, -0.2) is 32.3 Å². The normalized spacial score (nSPS) is 15.8. The van der Waals surface area contributed by atoms with Crippen LogP contribution in [0.1, 0.15) is 68.0 Å². The summed E-state index contributed by atoms with van der Waals surface area (Å²) in [4.78, 5) is 30.5. The smallest absolute Gasteiger partial charge is 0.340 e. The van der Waals surface area contributed by atoms with Crippen LogP contribution in [0.15, 0.2) is 47.3 Å². The number of ether oxygens (including phenoxy) is 1. The maximum Gasteiger partial charge on any atom is 0.340 e. The van der Waals surface area contributed by atoms with Gasteiger partial charge in [0.05, 0.1) is 29.0 Å². The summed E-state index contributed by atoms with van der Waals surface area (Å²) in [6.07, 6.45) is 3.93. The van der Waals surface area contributed by atoms with Crippen molar-refractivity contribution >= 4 is 33.7 Å². The topological polar surface area (TPSA) is 102 Å². The van der Waals surface area contributed by atoms with Gasteiger partial charge >= 0.3 is 5.97 Å². The molecule has 0 spiro atoms. The van der Waals surface area contributed by atoms with Gasteiger partial charge in [0.2, 0.25) is 0 Å². The molecular formula is C32H34N2O5. The van der Waals surface area contributed by atoms with Gasteiger partial charge in [0.15, 0.2) is 6.10 Å². The molecule has 2 aliphatic heterocycles. The average molecular weight is 527 g/mol. The molecule has 7 nitrogen and oxygen atoms in total. The summed E-state index contributed by atoms with van der Waals surface area (Å²) in [5.41, 5.74) is 5.81. The number of hydrogen-bond donors (Lipinski definition) is 2. The van der Waals surface area contributed by atoms with E-state index in [0.29, 0.717) is 35.7 Å². The fourth-order valence-electron chi connectivity index (χ4n) is 5.59. The second kappa shape index (κ2) is 10.8. The van der Waals surface area contributed by atoms with Crippen molar-refractivity contribution in [1.29, 1.82) is 0 Å². The fourth-order valence-corrected chi connectivity index (χ4v) is 5.59. The second-order valence-electron chi connectivity index (χ2n) is 10.2. The van der Waals surface area contributed by atoms with Gasteiger partial charge in [-0.15, -0.1) is 0 Å². The number of hydrogen-bond acceptors (Lipinski definition) is 6. The molecule has 4 heterocycles. The molecule has 2 aromatic heterocycles. The highest BCUT2D eigenvalue weighted by Crippen LogP contribution is 2.40. The van der Waals surface area contributed by atoms with Gasteiger partial charge in [-0.25, -0.2) is 9.78 Å². The summed E-state index contributed by atoms with van der Waals surface area (Å²) < 4.78 is 6.72. The van der Waals surface area contributed by atoms with Crippen molar-refractivity contribution in [1.82, 2.24) is 9.55 Å². The SMILES string of the molecule is CC.CC(C)Cc1c2c(nc3ccc4ccc(/C=C/CCO)cc4c13)-c1cc3c(c(=O)n1C2)COC(=O)C3O. The highest BCUT2D eigenvalue weighted by atomic mass is 16.5. The third-order valence-electron chi connectivity index (χ3n) is 7.30. The minimum absolute atomic E-state index is 0.113. The maximum absolute atomic E-state index is 13.4. The summed E-state index contributed by atoms with van der Waals surface area (Å²) >= 11 is 0. The van der Waals surface area contributed by atoms with Crippen LogP contribution in [0.2, 0.25) is 0 Å². The maximum atomic E-state index is 13.4. The van der Waals surface area contributed by atoms with Crippen LogP contribution < -0.4 is 5.56 Å². The molecule has 4 aromatic rings. The first-order valence-corrected chi connectivity index (χ1v) is 13.6. The van der Waals surface area contributed by atoms with Gasteiger partial charge in [0, 0.05) is 23.1 Å². The van der Waals surface area contributed by atoms with Gasteiger partial charge in [-0.05, 0) is 58.9 Å². The third-order valence-corrected chi connectivity index (χ3v) is 7.30. The Morgan fingerprint density at radius 1 is 1.13 bits per heavy atom. The Labute approximate surface area is 227 Å². The molecule has 1 atom stereocenters. The van der Waals surface area contributed by atoms with Crippen LogP contribution in [0.4, 0.5) is 0 Å². The van der Waals surface area contributed by atoms with Crippen LogP contribution in [0.3, 0.4) is 0 Å². The van der Waals surface area contributed by atoms with Gasteiger partial charge in [0.25, 0.3) is 5.56 Å². The zero-order valence-corrected chi connectivity index (χ0v) is 22.8. The van der Waals surface area contributed by atoms with E-state index in [1.165, 1.54) is 5.56 Å². The van der Waals surface area contributed by atoms with Crippen molar-refractivity contribution in [2.45, 2.75) is 59.8 Å². The summed E-state index contributed by atoms with van der Waals surface area (Å²) in [7, 11) is 0. The molecule has 2 N–H and O–H groups in total. The number of cyclic esters (lactones) is 1. The molecule has 0 aliphatic carbocycles. The Balaban J connectivity index is 0.00000151. The zero-order chi connectivity index (χ0) is 27.8. The minimum Gasteiger partial charge on any atom is -0.458 e. The van der Waals surface area contributed by atoms with E-state index in [1.807, 2.05) is 32.1 Å². The zero-order valence-electron chi connectivity index (χ0n) is 22.8. The number of nitrogens with zero attached hydrogens (tertiary/aromatic N) is 2. The van der Waals surface area contributed by atoms with Crippen LogP contribution in [0.5, 0.6) is 0 Å². The molecule has 0 saturated heterocycles. The van der Waals surface area contributed by atoms with Gasteiger partial charge in [0.1, 0.15) is 6.61 Å². The number of aliphatic hydroxyl groups excluding tert-OH is 2. The largest absolute Gasteiger partial charge is 0.458 e. The molecule has 2 aliphatic rings. The van der Waals surface area contributed by atoms with Crippen LogP contribution in [0.25, 0.3) is 39.1 Å². The van der Waals surface area contributed by atoms with E-state index in [0.717, 1.165) is 44.9 Å². The number of esters is 1. The molecule has 0 bridgehead atoms. The lowest BCUT2D eigenvalue weighted by molar-refractivity contribution is -0.157. The lowest BCUT2D eigenvalue weighted by Gasteiger charge is -2.21. The lowest BCUT2D eigenvalue weighted by atomic mass is 9.90. The van der Waals surface area contributed by atoms with E-state index >= 15 is 0 Å². The first-order valence-electron chi connectivity index (χ1n) is 13.6. The van der Waals surface area contributed by atoms with Crippen molar-refractivity contribution in [3.05, 3.63) is 80.6 Å². The summed E-state index contributed by atoms with van der Waals surface area (Å²) in [6.45, 7) is 8.73. The summed E-state index contributed by atoms with van der Waals surface area (Å²) in [5.74, 6) is -0.364. The van der Waals surface area contributed by atoms with E-state index in [9.17, 15) is 14.7 Å². The van der Waals surface area contributed by atoms with Crippen molar-refractivity contribution in [2.24, 2.45) is 5.92 Å². The number of fused-ring (bicyclic) bond motifs is 7. The molecule has 0 saturated carbocycles. The molecule has 0 radical (unpaired) electrons. The summed E-state index contributed by atoms with van der Waals surface area (Å²) in [6, 6.07) is 12.2. The highest BCUT2D eigenvalue weighted by molar-refractivity contribution is 6.09. The standard InChI is InChI=1S/C30H28N2O5.C2H6/c1-16(2)11-20-22-14-32-25(13-21-23(29(32)35)15-37-30(36)28(21)34)27(22)31-24-9-8-18-7-6-17(5-3-4-10-33)12-19(18)26(20)24;1-2/h3,5-9,12-13,16,28,33-34H,4,10-11,14-15H2,1-2H3;1-2H3/b5-3+;. The van der Waals surface area contributed by atoms with Gasteiger partial charge in [-0.1, -0.05) is 58.0 Å². The van der Waals surface area contributed by atoms with Crippen LogP contribution >= 0.6 is 0 Å². The van der Waals surface area contributed by atoms with Gasteiger partial charge < -0.3 is 19.5 Å². The predicted octanol–water partition coefficient (Wildman–Crippen LogP) is 5.29. The molecule has 6 rings (SSSR count). The number of carbonyl (C=O) groups is 1. The van der Waals surface area contributed by atoms with Crippen LogP contribution in [-0.2, 0) is 29.1 Å². The molecule has 0 amide bonds. The summed E-state index contributed by atoms with van der Waals surface area (Å²) in [5, 5.41) is 22.9. The number of carbonyl (C=O) groups excluding carboxylic acids is 1.